The van der Waals surface area contributed by atoms with Gasteiger partial charge in [0.1, 0.15) is 5.76 Å². The van der Waals surface area contributed by atoms with E-state index in [9.17, 15) is 9.59 Å². The molecule has 5 heteroatoms. The van der Waals surface area contributed by atoms with Crippen LogP contribution in [0.2, 0.25) is 0 Å². The van der Waals surface area contributed by atoms with Crippen molar-refractivity contribution in [3.8, 4) is 0 Å². The number of carbonyl (C=O) groups is 2. The number of furan rings is 1. The fraction of sp³-hybridized carbons (Fsp3) is 0.250. The molecule has 0 aliphatic heterocycles. The molecule has 0 atom stereocenters. The minimum atomic E-state index is -0.206. The highest BCUT2D eigenvalue weighted by atomic mass is 16.3. The second-order valence-electron chi connectivity index (χ2n) is 4.97. The lowest BCUT2D eigenvalue weighted by Crippen LogP contribution is -2.30. The predicted molar refractivity (Wildman–Crippen MR) is 78.9 cm³/mol. The average Bonchev–Trinajstić information content (AvgIpc) is 2.97. The fourth-order valence-electron chi connectivity index (χ4n) is 1.80. The summed E-state index contributed by atoms with van der Waals surface area (Å²) in [6, 6.07) is 10.2. The van der Waals surface area contributed by atoms with E-state index in [0.717, 1.165) is 0 Å². The van der Waals surface area contributed by atoms with Crippen LogP contribution in [-0.2, 0) is 6.54 Å². The molecule has 0 spiro atoms. The zero-order chi connectivity index (χ0) is 15.2. The zero-order valence-electron chi connectivity index (χ0n) is 12.1. The molecule has 21 heavy (non-hydrogen) atoms. The molecule has 0 bridgehead atoms. The first-order valence-electron chi connectivity index (χ1n) is 6.78. The summed E-state index contributed by atoms with van der Waals surface area (Å²) in [5.41, 5.74) is 1.04. The molecule has 2 aromatic rings. The topological polar surface area (TPSA) is 71.3 Å². The highest BCUT2D eigenvalue weighted by molar-refractivity contribution is 5.97. The molecule has 1 aromatic heterocycles. The van der Waals surface area contributed by atoms with Crippen molar-refractivity contribution < 1.29 is 14.0 Å². The van der Waals surface area contributed by atoms with Gasteiger partial charge in [-0.3, -0.25) is 9.59 Å². The van der Waals surface area contributed by atoms with Gasteiger partial charge in [0.05, 0.1) is 12.8 Å². The first kappa shape index (κ1) is 14.8. The van der Waals surface area contributed by atoms with Crippen molar-refractivity contribution in [1.82, 2.24) is 10.6 Å². The van der Waals surface area contributed by atoms with E-state index in [4.69, 9.17) is 4.42 Å². The van der Waals surface area contributed by atoms with Gasteiger partial charge in [-0.25, -0.2) is 0 Å². The van der Waals surface area contributed by atoms with Crippen molar-refractivity contribution in [1.29, 1.82) is 0 Å². The van der Waals surface area contributed by atoms with Crippen molar-refractivity contribution >= 4 is 11.8 Å². The SMILES string of the molecule is CC(C)NC(=O)c1ccc(C(=O)NCc2ccco2)cc1. The van der Waals surface area contributed by atoms with Crippen LogP contribution < -0.4 is 10.6 Å². The van der Waals surface area contributed by atoms with E-state index in [1.54, 1.807) is 42.7 Å². The van der Waals surface area contributed by atoms with E-state index in [1.807, 2.05) is 13.8 Å². The normalized spacial score (nSPS) is 10.4. The number of carbonyl (C=O) groups excluding carboxylic acids is 2. The van der Waals surface area contributed by atoms with Gasteiger partial charge >= 0.3 is 0 Å². The van der Waals surface area contributed by atoms with Crippen molar-refractivity contribution in [2.24, 2.45) is 0 Å². The molecule has 2 amide bonds. The highest BCUT2D eigenvalue weighted by Crippen LogP contribution is 2.06. The standard InChI is InChI=1S/C16H18N2O3/c1-11(2)18-16(20)13-7-5-12(6-8-13)15(19)17-10-14-4-3-9-21-14/h3-9,11H,10H2,1-2H3,(H,17,19)(H,18,20). The van der Waals surface area contributed by atoms with Gasteiger partial charge in [-0.15, -0.1) is 0 Å². The molecule has 0 saturated carbocycles. The molecule has 0 unspecified atom stereocenters. The molecule has 110 valence electrons. The van der Waals surface area contributed by atoms with E-state index in [0.29, 0.717) is 23.4 Å². The third-order valence-corrected chi connectivity index (χ3v) is 2.83. The Balaban J connectivity index is 1.95. The lowest BCUT2D eigenvalue weighted by Gasteiger charge is -2.09. The summed E-state index contributed by atoms with van der Waals surface area (Å²) in [5, 5.41) is 5.55. The summed E-state index contributed by atoms with van der Waals surface area (Å²) >= 11 is 0. The van der Waals surface area contributed by atoms with E-state index < -0.39 is 0 Å². The average molecular weight is 286 g/mol. The molecule has 2 N–H and O–H groups in total. The second-order valence-corrected chi connectivity index (χ2v) is 4.97. The number of hydrogen-bond donors (Lipinski definition) is 2. The van der Waals surface area contributed by atoms with E-state index in [1.165, 1.54) is 0 Å². The molecular weight excluding hydrogens is 268 g/mol. The van der Waals surface area contributed by atoms with Crippen LogP contribution in [0.3, 0.4) is 0 Å². The predicted octanol–water partition coefficient (Wildman–Crippen LogP) is 2.35. The Morgan fingerprint density at radius 3 is 2.19 bits per heavy atom. The number of rotatable bonds is 5. The van der Waals surface area contributed by atoms with E-state index in [2.05, 4.69) is 10.6 Å². The largest absolute Gasteiger partial charge is 0.467 e. The molecule has 0 aliphatic carbocycles. The van der Waals surface area contributed by atoms with Crippen molar-refractivity contribution in [2.45, 2.75) is 26.4 Å². The quantitative estimate of drug-likeness (QED) is 0.886. The van der Waals surface area contributed by atoms with Gasteiger partial charge in [0, 0.05) is 17.2 Å². The van der Waals surface area contributed by atoms with Crippen LogP contribution >= 0.6 is 0 Å². The van der Waals surface area contributed by atoms with Gasteiger partial charge in [-0.2, -0.15) is 0 Å². The van der Waals surface area contributed by atoms with Crippen molar-refractivity contribution in [2.75, 3.05) is 0 Å². The maximum absolute atomic E-state index is 11.9. The maximum Gasteiger partial charge on any atom is 0.251 e. The van der Waals surface area contributed by atoms with Crippen LogP contribution in [-0.4, -0.2) is 17.9 Å². The van der Waals surface area contributed by atoms with E-state index in [-0.39, 0.29) is 17.9 Å². The molecule has 5 nitrogen and oxygen atoms in total. The van der Waals surface area contributed by atoms with Crippen LogP contribution in [0, 0.1) is 0 Å². The lowest BCUT2D eigenvalue weighted by molar-refractivity contribution is 0.0933. The molecule has 1 aromatic carbocycles. The highest BCUT2D eigenvalue weighted by Gasteiger charge is 2.09. The Bertz CT molecular complexity index is 601. The summed E-state index contributed by atoms with van der Waals surface area (Å²) < 4.78 is 5.14. The van der Waals surface area contributed by atoms with Crippen molar-refractivity contribution in [3.05, 3.63) is 59.5 Å². The zero-order valence-corrected chi connectivity index (χ0v) is 12.1. The van der Waals surface area contributed by atoms with Crippen molar-refractivity contribution in [3.63, 3.8) is 0 Å². The Morgan fingerprint density at radius 1 is 1.05 bits per heavy atom. The fourth-order valence-corrected chi connectivity index (χ4v) is 1.80. The van der Waals surface area contributed by atoms with Gasteiger partial charge in [0.2, 0.25) is 0 Å². The van der Waals surface area contributed by atoms with Gasteiger partial charge < -0.3 is 15.1 Å². The minimum absolute atomic E-state index is 0.0776. The van der Waals surface area contributed by atoms with Gasteiger partial charge in [0.15, 0.2) is 0 Å². The molecule has 1 heterocycles. The van der Waals surface area contributed by atoms with Gasteiger partial charge in [0.25, 0.3) is 11.8 Å². The maximum atomic E-state index is 11.9. The first-order chi connectivity index (χ1) is 10.1. The monoisotopic (exact) mass is 286 g/mol. The number of benzene rings is 1. The Morgan fingerprint density at radius 2 is 1.67 bits per heavy atom. The Labute approximate surface area is 123 Å². The molecular formula is C16H18N2O3. The minimum Gasteiger partial charge on any atom is -0.467 e. The summed E-state index contributed by atoms with van der Waals surface area (Å²) in [7, 11) is 0. The summed E-state index contributed by atoms with van der Waals surface area (Å²) in [6.45, 7) is 4.13. The summed E-state index contributed by atoms with van der Waals surface area (Å²) in [5.74, 6) is 0.339. The third kappa shape index (κ3) is 4.21. The molecule has 0 radical (unpaired) electrons. The van der Waals surface area contributed by atoms with E-state index >= 15 is 0 Å². The second kappa shape index (κ2) is 6.74. The lowest BCUT2D eigenvalue weighted by atomic mass is 10.1. The van der Waals surface area contributed by atoms with Gasteiger partial charge in [-0.05, 0) is 50.2 Å². The Kier molecular flexibility index (Phi) is 4.77. The first-order valence-corrected chi connectivity index (χ1v) is 6.78. The van der Waals surface area contributed by atoms with Crippen LogP contribution in [0.1, 0.15) is 40.3 Å². The smallest absolute Gasteiger partial charge is 0.251 e. The summed E-state index contributed by atoms with van der Waals surface area (Å²) in [6.07, 6.45) is 1.56. The number of amides is 2. The van der Waals surface area contributed by atoms with Crippen LogP contribution in [0.5, 0.6) is 0 Å². The summed E-state index contributed by atoms with van der Waals surface area (Å²) in [4.78, 5) is 23.7. The van der Waals surface area contributed by atoms with Crippen LogP contribution in [0.25, 0.3) is 0 Å². The molecule has 0 fully saturated rings. The number of nitrogens with one attached hydrogen (secondary N) is 2. The number of hydrogen-bond acceptors (Lipinski definition) is 3. The third-order valence-electron chi connectivity index (χ3n) is 2.83. The van der Waals surface area contributed by atoms with Gasteiger partial charge in [-0.1, -0.05) is 0 Å². The Hall–Kier alpha value is -2.56. The van der Waals surface area contributed by atoms with Crippen LogP contribution in [0.4, 0.5) is 0 Å². The molecule has 0 saturated heterocycles. The molecule has 2 rings (SSSR count). The van der Waals surface area contributed by atoms with Crippen LogP contribution in [0.15, 0.2) is 47.1 Å². The molecule has 0 aliphatic rings.